The molecule has 4 aromatic rings. The number of carbonyl (C=O) groups excluding carboxylic acids is 1. The lowest BCUT2D eigenvalue weighted by Gasteiger charge is -2.11. The van der Waals surface area contributed by atoms with Gasteiger partial charge in [-0.3, -0.25) is 25.0 Å². The van der Waals surface area contributed by atoms with Gasteiger partial charge in [0.15, 0.2) is 11.5 Å². The summed E-state index contributed by atoms with van der Waals surface area (Å²) in [5.74, 6) is 0.0775. The molecule has 0 spiro atoms. The first kappa shape index (κ1) is 25.6. The molecular formula is C26H20N4O8. The van der Waals surface area contributed by atoms with Crippen LogP contribution in [0.2, 0.25) is 0 Å². The minimum atomic E-state index is -0.775. The van der Waals surface area contributed by atoms with E-state index in [1.807, 2.05) is 24.3 Å². The van der Waals surface area contributed by atoms with Crippen molar-refractivity contribution in [2.45, 2.75) is 0 Å². The third-order valence-electron chi connectivity index (χ3n) is 5.45. The zero-order valence-corrected chi connectivity index (χ0v) is 20.1. The molecule has 0 aliphatic carbocycles. The molecule has 1 amide bonds. The Kier molecular flexibility index (Phi) is 7.43. The van der Waals surface area contributed by atoms with E-state index in [9.17, 15) is 25.0 Å². The first-order valence-corrected chi connectivity index (χ1v) is 11.0. The van der Waals surface area contributed by atoms with Crippen molar-refractivity contribution in [3.63, 3.8) is 0 Å². The highest BCUT2D eigenvalue weighted by Crippen LogP contribution is 2.38. The second-order valence-corrected chi connectivity index (χ2v) is 7.78. The zero-order valence-electron chi connectivity index (χ0n) is 20.1. The summed E-state index contributed by atoms with van der Waals surface area (Å²) in [6.45, 7) is 0. The number of hydrogen-bond acceptors (Lipinski definition) is 9. The topological polar surface area (TPSA) is 155 Å². The van der Waals surface area contributed by atoms with Crippen molar-refractivity contribution in [2.75, 3.05) is 14.2 Å². The highest BCUT2D eigenvalue weighted by atomic mass is 16.6. The average Bonchev–Trinajstić information content (AvgIpc) is 2.92. The molecule has 0 aliphatic rings. The van der Waals surface area contributed by atoms with Crippen LogP contribution in [-0.4, -0.2) is 36.2 Å². The van der Waals surface area contributed by atoms with E-state index < -0.39 is 27.1 Å². The monoisotopic (exact) mass is 516 g/mol. The fourth-order valence-corrected chi connectivity index (χ4v) is 3.61. The number of benzene rings is 4. The van der Waals surface area contributed by atoms with Crippen LogP contribution in [0.3, 0.4) is 0 Å². The van der Waals surface area contributed by atoms with Crippen LogP contribution < -0.4 is 19.6 Å². The summed E-state index contributed by atoms with van der Waals surface area (Å²) < 4.78 is 16.3. The van der Waals surface area contributed by atoms with Gasteiger partial charge in [0.25, 0.3) is 11.6 Å². The molecule has 0 aliphatic heterocycles. The molecule has 0 radical (unpaired) electrons. The van der Waals surface area contributed by atoms with Crippen LogP contribution in [-0.2, 0) is 0 Å². The quantitative estimate of drug-likeness (QED) is 0.180. The Balaban J connectivity index is 1.52. The summed E-state index contributed by atoms with van der Waals surface area (Å²) in [6, 6.07) is 18.7. The smallest absolute Gasteiger partial charge is 0.318 e. The SMILES string of the molecule is COc1cc(/C=N\NC(=O)c2cc3ccccc3cc2OC)ccc1Oc1ccc([N+](=O)[O-])cc1[N+](=O)[O-]. The Morgan fingerprint density at radius 3 is 2.16 bits per heavy atom. The molecule has 0 unspecified atom stereocenters. The summed E-state index contributed by atoms with van der Waals surface area (Å²) in [7, 11) is 2.85. The Morgan fingerprint density at radius 1 is 0.816 bits per heavy atom. The van der Waals surface area contributed by atoms with Crippen molar-refractivity contribution in [2.24, 2.45) is 5.10 Å². The van der Waals surface area contributed by atoms with Gasteiger partial charge in [0, 0.05) is 6.07 Å². The second kappa shape index (κ2) is 11.0. The predicted molar refractivity (Wildman–Crippen MR) is 138 cm³/mol. The lowest BCUT2D eigenvalue weighted by molar-refractivity contribution is -0.394. The number of fused-ring (bicyclic) bond motifs is 1. The summed E-state index contributed by atoms with van der Waals surface area (Å²) in [4.78, 5) is 33.6. The van der Waals surface area contributed by atoms with E-state index in [0.717, 1.165) is 29.0 Å². The van der Waals surface area contributed by atoms with Gasteiger partial charge in [-0.05, 0) is 52.7 Å². The van der Waals surface area contributed by atoms with E-state index >= 15 is 0 Å². The van der Waals surface area contributed by atoms with E-state index in [0.29, 0.717) is 16.9 Å². The largest absolute Gasteiger partial charge is 0.496 e. The van der Waals surface area contributed by atoms with Crippen molar-refractivity contribution < 1.29 is 28.9 Å². The number of non-ortho nitro benzene ring substituents is 1. The maximum atomic E-state index is 12.7. The van der Waals surface area contributed by atoms with Gasteiger partial charge in [0.05, 0.1) is 41.9 Å². The highest BCUT2D eigenvalue weighted by Gasteiger charge is 2.22. The average molecular weight is 516 g/mol. The van der Waals surface area contributed by atoms with E-state index in [2.05, 4.69) is 10.5 Å². The summed E-state index contributed by atoms with van der Waals surface area (Å²) in [5, 5.41) is 28.1. The number of rotatable bonds is 9. The number of nitrogens with one attached hydrogen (secondary N) is 1. The summed E-state index contributed by atoms with van der Waals surface area (Å²) in [5.41, 5.74) is 2.29. The second-order valence-electron chi connectivity index (χ2n) is 7.78. The van der Waals surface area contributed by atoms with E-state index in [-0.39, 0.29) is 17.2 Å². The van der Waals surface area contributed by atoms with Crippen LogP contribution in [0.25, 0.3) is 10.8 Å². The van der Waals surface area contributed by atoms with Crippen molar-refractivity contribution in [1.82, 2.24) is 5.43 Å². The molecule has 4 rings (SSSR count). The molecule has 0 bridgehead atoms. The van der Waals surface area contributed by atoms with Crippen molar-refractivity contribution in [3.8, 4) is 23.0 Å². The molecule has 0 atom stereocenters. The number of hydrogen-bond donors (Lipinski definition) is 1. The Morgan fingerprint density at radius 2 is 1.50 bits per heavy atom. The molecular weight excluding hydrogens is 496 g/mol. The van der Waals surface area contributed by atoms with Gasteiger partial charge >= 0.3 is 5.69 Å². The molecule has 12 heteroatoms. The Labute approximate surface area is 215 Å². The number of ether oxygens (including phenoxy) is 3. The molecule has 0 heterocycles. The minimum absolute atomic E-state index is 0.131. The zero-order chi connectivity index (χ0) is 27.2. The summed E-state index contributed by atoms with van der Waals surface area (Å²) >= 11 is 0. The number of methoxy groups -OCH3 is 2. The molecule has 192 valence electrons. The van der Waals surface area contributed by atoms with Gasteiger partial charge in [-0.25, -0.2) is 5.43 Å². The van der Waals surface area contributed by atoms with Crippen LogP contribution in [0.1, 0.15) is 15.9 Å². The molecule has 0 saturated carbocycles. The minimum Gasteiger partial charge on any atom is -0.496 e. The lowest BCUT2D eigenvalue weighted by atomic mass is 10.1. The lowest BCUT2D eigenvalue weighted by Crippen LogP contribution is -2.18. The van der Waals surface area contributed by atoms with E-state index in [1.165, 1.54) is 26.5 Å². The third kappa shape index (κ3) is 5.49. The van der Waals surface area contributed by atoms with E-state index in [4.69, 9.17) is 14.2 Å². The van der Waals surface area contributed by atoms with Crippen LogP contribution in [0.5, 0.6) is 23.0 Å². The van der Waals surface area contributed by atoms with Crippen LogP contribution in [0.4, 0.5) is 11.4 Å². The molecule has 38 heavy (non-hydrogen) atoms. The maximum Gasteiger partial charge on any atom is 0.318 e. The fraction of sp³-hybridized carbons (Fsp3) is 0.0769. The highest BCUT2D eigenvalue weighted by molar-refractivity contribution is 6.02. The van der Waals surface area contributed by atoms with Crippen molar-refractivity contribution in [3.05, 3.63) is 104 Å². The van der Waals surface area contributed by atoms with Gasteiger partial charge in [0.2, 0.25) is 5.75 Å². The molecule has 0 saturated heterocycles. The number of carbonyl (C=O) groups is 1. The van der Waals surface area contributed by atoms with Gasteiger partial charge in [-0.2, -0.15) is 5.10 Å². The standard InChI is InChI=1S/C26H20N4O8/c1-36-24-13-18-6-4-3-5-17(18)12-20(24)26(31)28-27-15-16-7-9-23(25(11-16)37-2)38-22-10-8-19(29(32)33)14-21(22)30(34)35/h3-15H,1-2H3,(H,28,31)/b27-15-. The number of amides is 1. The predicted octanol–water partition coefficient (Wildman–Crippen LogP) is 5.23. The van der Waals surface area contributed by atoms with Gasteiger partial charge in [-0.1, -0.05) is 24.3 Å². The van der Waals surface area contributed by atoms with Crippen molar-refractivity contribution in [1.29, 1.82) is 0 Å². The van der Waals surface area contributed by atoms with Gasteiger partial charge < -0.3 is 14.2 Å². The van der Waals surface area contributed by atoms with Crippen LogP contribution >= 0.6 is 0 Å². The molecule has 12 nitrogen and oxygen atoms in total. The number of hydrazone groups is 1. The number of nitro benzene ring substituents is 2. The normalized spacial score (nSPS) is 10.8. The van der Waals surface area contributed by atoms with Gasteiger partial charge in [-0.15, -0.1) is 0 Å². The third-order valence-corrected chi connectivity index (χ3v) is 5.45. The first-order valence-electron chi connectivity index (χ1n) is 11.0. The Bertz CT molecular complexity index is 1590. The molecule has 4 aromatic carbocycles. The van der Waals surface area contributed by atoms with E-state index in [1.54, 1.807) is 24.3 Å². The number of nitrogens with zero attached hydrogens (tertiary/aromatic N) is 3. The maximum absolute atomic E-state index is 12.7. The Hall–Kier alpha value is -5.52. The van der Waals surface area contributed by atoms with Gasteiger partial charge in [0.1, 0.15) is 5.75 Å². The molecule has 0 aromatic heterocycles. The van der Waals surface area contributed by atoms with Crippen LogP contribution in [0.15, 0.2) is 77.9 Å². The number of nitro groups is 2. The fourth-order valence-electron chi connectivity index (χ4n) is 3.61. The molecule has 0 fully saturated rings. The summed E-state index contributed by atoms with van der Waals surface area (Å²) in [6.07, 6.45) is 1.38. The van der Waals surface area contributed by atoms with Crippen molar-refractivity contribution >= 4 is 34.3 Å². The van der Waals surface area contributed by atoms with Crippen LogP contribution in [0, 0.1) is 20.2 Å². The molecule has 1 N–H and O–H groups in total. The first-order chi connectivity index (χ1) is 18.3.